The van der Waals surface area contributed by atoms with Crippen LogP contribution in [0.25, 0.3) is 0 Å². The summed E-state index contributed by atoms with van der Waals surface area (Å²) in [5.74, 6) is 0.930. The third-order valence-corrected chi connectivity index (χ3v) is 3.39. The van der Waals surface area contributed by atoms with Gasteiger partial charge in [0, 0.05) is 12.6 Å². The molecule has 2 N–H and O–H groups in total. The number of aliphatic hydroxyl groups excluding tert-OH is 1. The zero-order valence-corrected chi connectivity index (χ0v) is 10.4. The summed E-state index contributed by atoms with van der Waals surface area (Å²) in [6.07, 6.45) is 4.38. The van der Waals surface area contributed by atoms with Crippen LogP contribution in [0.3, 0.4) is 0 Å². The summed E-state index contributed by atoms with van der Waals surface area (Å²) in [5.41, 5.74) is 2.80. The van der Waals surface area contributed by atoms with Gasteiger partial charge in [-0.1, -0.05) is 6.07 Å². The lowest BCUT2D eigenvalue weighted by Crippen LogP contribution is -2.26. The topological polar surface area (TPSA) is 41.5 Å². The quantitative estimate of drug-likeness (QED) is 0.767. The van der Waals surface area contributed by atoms with Crippen molar-refractivity contribution in [1.82, 2.24) is 5.32 Å². The van der Waals surface area contributed by atoms with E-state index in [4.69, 9.17) is 9.84 Å². The average Bonchev–Trinajstić information content (AvgIpc) is 2.39. The number of methoxy groups -OCH3 is 1. The normalized spacial score (nSPS) is 18.8. The van der Waals surface area contributed by atoms with E-state index in [0.717, 1.165) is 25.1 Å². The second-order valence-electron chi connectivity index (χ2n) is 4.54. The Labute approximate surface area is 103 Å². The molecular weight excluding hydrogens is 214 g/mol. The number of hydrogen-bond donors (Lipinski definition) is 2. The van der Waals surface area contributed by atoms with E-state index in [-0.39, 0.29) is 6.61 Å². The lowest BCUT2D eigenvalue weighted by atomic mass is 9.87. The predicted molar refractivity (Wildman–Crippen MR) is 68.4 cm³/mol. The molecule has 0 spiro atoms. The third kappa shape index (κ3) is 2.99. The molecule has 17 heavy (non-hydrogen) atoms. The van der Waals surface area contributed by atoms with Crippen LogP contribution in [0.2, 0.25) is 0 Å². The molecule has 1 aromatic rings. The molecule has 2 rings (SSSR count). The van der Waals surface area contributed by atoms with Gasteiger partial charge in [0.1, 0.15) is 5.75 Å². The van der Waals surface area contributed by atoms with Crippen LogP contribution < -0.4 is 10.1 Å². The minimum Gasteiger partial charge on any atom is -0.497 e. The number of fused-ring (bicyclic) bond motifs is 1. The van der Waals surface area contributed by atoms with E-state index in [1.807, 2.05) is 6.07 Å². The molecule has 0 bridgehead atoms. The van der Waals surface area contributed by atoms with Crippen molar-refractivity contribution in [2.45, 2.75) is 31.7 Å². The maximum atomic E-state index is 8.81. The molecule has 0 amide bonds. The highest BCUT2D eigenvalue weighted by molar-refractivity contribution is 5.39. The van der Waals surface area contributed by atoms with Crippen molar-refractivity contribution in [1.29, 1.82) is 0 Å². The molecule has 1 aromatic carbocycles. The van der Waals surface area contributed by atoms with Gasteiger partial charge in [-0.2, -0.15) is 0 Å². The SMILES string of the molecule is COc1ccc2c(c1)C(NCCCO)CCC2. The lowest BCUT2D eigenvalue weighted by molar-refractivity contribution is 0.281. The van der Waals surface area contributed by atoms with Gasteiger partial charge < -0.3 is 15.2 Å². The Hall–Kier alpha value is -1.06. The molecule has 1 atom stereocenters. The smallest absolute Gasteiger partial charge is 0.119 e. The highest BCUT2D eigenvalue weighted by atomic mass is 16.5. The zero-order chi connectivity index (χ0) is 12.1. The molecule has 1 aliphatic carbocycles. The highest BCUT2D eigenvalue weighted by Crippen LogP contribution is 2.32. The van der Waals surface area contributed by atoms with Crippen LogP contribution in [0.5, 0.6) is 5.75 Å². The summed E-state index contributed by atoms with van der Waals surface area (Å²) in [6.45, 7) is 1.13. The molecule has 0 fully saturated rings. The molecule has 0 aromatic heterocycles. The third-order valence-electron chi connectivity index (χ3n) is 3.39. The van der Waals surface area contributed by atoms with Gasteiger partial charge in [-0.15, -0.1) is 0 Å². The minimum absolute atomic E-state index is 0.255. The van der Waals surface area contributed by atoms with Crippen molar-refractivity contribution in [3.05, 3.63) is 29.3 Å². The minimum atomic E-state index is 0.255. The number of benzene rings is 1. The summed E-state index contributed by atoms with van der Waals surface area (Å²) in [6, 6.07) is 6.77. The fourth-order valence-electron chi connectivity index (χ4n) is 2.47. The Kier molecular flexibility index (Phi) is 4.40. The molecule has 1 unspecified atom stereocenters. The first kappa shape index (κ1) is 12.4. The number of nitrogens with one attached hydrogen (secondary N) is 1. The van der Waals surface area contributed by atoms with Crippen molar-refractivity contribution >= 4 is 0 Å². The Morgan fingerprint density at radius 3 is 3.12 bits per heavy atom. The van der Waals surface area contributed by atoms with Gasteiger partial charge in [0.15, 0.2) is 0 Å². The maximum Gasteiger partial charge on any atom is 0.119 e. The van der Waals surface area contributed by atoms with Crippen molar-refractivity contribution in [3.8, 4) is 5.75 Å². The van der Waals surface area contributed by atoms with E-state index >= 15 is 0 Å². The fraction of sp³-hybridized carbons (Fsp3) is 0.571. The van der Waals surface area contributed by atoms with E-state index in [9.17, 15) is 0 Å². The first-order chi connectivity index (χ1) is 8.35. The Morgan fingerprint density at radius 2 is 2.35 bits per heavy atom. The van der Waals surface area contributed by atoms with Gasteiger partial charge in [0.05, 0.1) is 7.11 Å². The van der Waals surface area contributed by atoms with Gasteiger partial charge in [0.2, 0.25) is 0 Å². The van der Waals surface area contributed by atoms with E-state index in [0.29, 0.717) is 6.04 Å². The molecule has 0 aliphatic heterocycles. The number of ether oxygens (including phenoxy) is 1. The Morgan fingerprint density at radius 1 is 1.47 bits per heavy atom. The molecule has 0 radical (unpaired) electrons. The predicted octanol–water partition coefficient (Wildman–Crippen LogP) is 2.04. The van der Waals surface area contributed by atoms with Crippen LogP contribution in [-0.4, -0.2) is 25.4 Å². The molecule has 3 heteroatoms. The average molecular weight is 235 g/mol. The fourth-order valence-corrected chi connectivity index (χ4v) is 2.47. The Bertz CT molecular complexity index is 365. The van der Waals surface area contributed by atoms with Gasteiger partial charge in [-0.25, -0.2) is 0 Å². The Balaban J connectivity index is 2.11. The first-order valence-corrected chi connectivity index (χ1v) is 6.36. The lowest BCUT2D eigenvalue weighted by Gasteiger charge is -2.27. The van der Waals surface area contributed by atoms with Crippen LogP contribution in [0, 0.1) is 0 Å². The summed E-state index contributed by atoms with van der Waals surface area (Å²) < 4.78 is 5.29. The van der Waals surface area contributed by atoms with Crippen LogP contribution >= 0.6 is 0 Å². The standard InChI is InChI=1S/C14H21NO2/c1-17-12-7-6-11-4-2-5-14(13(11)10-12)15-8-3-9-16/h6-7,10,14-16H,2-5,8-9H2,1H3. The summed E-state index contributed by atoms with van der Waals surface area (Å²) in [4.78, 5) is 0. The summed E-state index contributed by atoms with van der Waals surface area (Å²) >= 11 is 0. The van der Waals surface area contributed by atoms with Crippen LogP contribution in [-0.2, 0) is 6.42 Å². The molecule has 0 saturated heterocycles. The summed E-state index contributed by atoms with van der Waals surface area (Å²) in [7, 11) is 1.71. The van der Waals surface area contributed by atoms with E-state index in [1.165, 1.54) is 24.0 Å². The van der Waals surface area contributed by atoms with Crippen LogP contribution in [0.4, 0.5) is 0 Å². The second kappa shape index (κ2) is 6.03. The number of aryl methyl sites for hydroxylation is 1. The van der Waals surface area contributed by atoms with E-state index in [2.05, 4.69) is 17.4 Å². The maximum absolute atomic E-state index is 8.81. The molecule has 0 saturated carbocycles. The van der Waals surface area contributed by atoms with Gasteiger partial charge in [0.25, 0.3) is 0 Å². The van der Waals surface area contributed by atoms with Gasteiger partial charge in [-0.3, -0.25) is 0 Å². The number of hydrogen-bond acceptors (Lipinski definition) is 3. The van der Waals surface area contributed by atoms with E-state index < -0.39 is 0 Å². The van der Waals surface area contributed by atoms with Crippen molar-refractivity contribution < 1.29 is 9.84 Å². The summed E-state index contributed by atoms with van der Waals surface area (Å²) in [5, 5.41) is 12.3. The number of rotatable bonds is 5. The molecular formula is C14H21NO2. The molecule has 1 aliphatic rings. The second-order valence-corrected chi connectivity index (χ2v) is 4.54. The van der Waals surface area contributed by atoms with Crippen LogP contribution in [0.1, 0.15) is 36.4 Å². The van der Waals surface area contributed by atoms with Crippen molar-refractivity contribution in [2.75, 3.05) is 20.3 Å². The monoisotopic (exact) mass is 235 g/mol. The van der Waals surface area contributed by atoms with Gasteiger partial charge in [-0.05, 0) is 55.5 Å². The number of aliphatic hydroxyl groups is 1. The van der Waals surface area contributed by atoms with E-state index in [1.54, 1.807) is 7.11 Å². The first-order valence-electron chi connectivity index (χ1n) is 6.36. The largest absolute Gasteiger partial charge is 0.497 e. The van der Waals surface area contributed by atoms with Crippen molar-refractivity contribution in [2.24, 2.45) is 0 Å². The van der Waals surface area contributed by atoms with Gasteiger partial charge >= 0.3 is 0 Å². The zero-order valence-electron chi connectivity index (χ0n) is 10.4. The molecule has 94 valence electrons. The molecule has 0 heterocycles. The molecule has 3 nitrogen and oxygen atoms in total. The van der Waals surface area contributed by atoms with Crippen molar-refractivity contribution in [3.63, 3.8) is 0 Å². The van der Waals surface area contributed by atoms with Crippen LogP contribution in [0.15, 0.2) is 18.2 Å². The highest BCUT2D eigenvalue weighted by Gasteiger charge is 2.19.